The zero-order valence-electron chi connectivity index (χ0n) is 15.6. The summed E-state index contributed by atoms with van der Waals surface area (Å²) in [7, 11) is 1.57. The summed E-state index contributed by atoms with van der Waals surface area (Å²) in [4.78, 5) is 32.4. The molecule has 1 aliphatic rings. The number of aromatic nitrogens is 2. The van der Waals surface area contributed by atoms with Gasteiger partial charge < -0.3 is 14.8 Å². The lowest BCUT2D eigenvalue weighted by atomic mass is 10.1. The van der Waals surface area contributed by atoms with Gasteiger partial charge in [-0.15, -0.1) is 0 Å². The summed E-state index contributed by atoms with van der Waals surface area (Å²) in [5, 5.41) is 2.51. The largest absolute Gasteiger partial charge is 0.496 e. The molecule has 0 spiro atoms. The number of urea groups is 1. The second-order valence-corrected chi connectivity index (χ2v) is 6.72. The first-order valence-corrected chi connectivity index (χ1v) is 8.17. The summed E-state index contributed by atoms with van der Waals surface area (Å²) in [5.74, 6) is 0.248. The molecule has 142 valence electrons. The van der Waals surface area contributed by atoms with Crippen LogP contribution in [0.1, 0.15) is 25.0 Å². The zero-order valence-corrected chi connectivity index (χ0v) is 15.6. The molecular formula is C18H19FN4O4. The van der Waals surface area contributed by atoms with Crippen LogP contribution in [0.25, 0.3) is 0 Å². The van der Waals surface area contributed by atoms with Gasteiger partial charge in [0.05, 0.1) is 7.11 Å². The quantitative estimate of drug-likeness (QED) is 0.653. The van der Waals surface area contributed by atoms with Gasteiger partial charge >= 0.3 is 12.1 Å². The van der Waals surface area contributed by atoms with Gasteiger partial charge in [0, 0.05) is 6.07 Å². The van der Waals surface area contributed by atoms with Gasteiger partial charge in [0.25, 0.3) is 5.91 Å². The fourth-order valence-electron chi connectivity index (χ4n) is 2.92. The molecule has 9 heteroatoms. The SMILES string of the molecule is COc1c(C)cc(Oc2cc(N3C(=O)NC(C)(C)C3=O)nc(F)n2)cc1C. The number of carbonyl (C=O) groups excluding carboxylic acids is 2. The number of nitrogens with one attached hydrogen (secondary N) is 1. The molecule has 0 bridgehead atoms. The number of rotatable bonds is 4. The highest BCUT2D eigenvalue weighted by Gasteiger charge is 2.46. The van der Waals surface area contributed by atoms with E-state index in [1.54, 1.807) is 33.1 Å². The Balaban J connectivity index is 1.95. The van der Waals surface area contributed by atoms with Gasteiger partial charge in [0.15, 0.2) is 5.82 Å². The summed E-state index contributed by atoms with van der Waals surface area (Å²) >= 11 is 0. The second kappa shape index (κ2) is 6.49. The maximum atomic E-state index is 13.9. The number of hydrogen-bond donors (Lipinski definition) is 1. The average molecular weight is 374 g/mol. The first kappa shape index (κ1) is 18.6. The van der Waals surface area contributed by atoms with E-state index >= 15 is 0 Å². The molecule has 1 aromatic carbocycles. The summed E-state index contributed by atoms with van der Waals surface area (Å²) in [6, 6.07) is 3.96. The van der Waals surface area contributed by atoms with Crippen LogP contribution in [0.5, 0.6) is 17.4 Å². The first-order valence-electron chi connectivity index (χ1n) is 8.17. The van der Waals surface area contributed by atoms with Crippen LogP contribution in [0.2, 0.25) is 0 Å². The fraction of sp³-hybridized carbons (Fsp3) is 0.333. The van der Waals surface area contributed by atoms with Crippen LogP contribution >= 0.6 is 0 Å². The van der Waals surface area contributed by atoms with Crippen LogP contribution in [0.3, 0.4) is 0 Å². The van der Waals surface area contributed by atoms with E-state index in [4.69, 9.17) is 9.47 Å². The highest BCUT2D eigenvalue weighted by molar-refractivity contribution is 6.22. The number of aryl methyl sites for hydroxylation is 2. The normalized spacial score (nSPS) is 15.7. The van der Waals surface area contributed by atoms with E-state index in [1.165, 1.54) is 6.07 Å². The number of benzene rings is 1. The minimum atomic E-state index is -1.12. The van der Waals surface area contributed by atoms with Gasteiger partial charge in [-0.1, -0.05) is 0 Å². The molecule has 0 radical (unpaired) electrons. The van der Waals surface area contributed by atoms with Crippen molar-refractivity contribution in [2.24, 2.45) is 0 Å². The predicted octanol–water partition coefficient (Wildman–Crippen LogP) is 2.87. The van der Waals surface area contributed by atoms with Gasteiger partial charge in [0.1, 0.15) is 17.0 Å². The van der Waals surface area contributed by atoms with Crippen molar-refractivity contribution in [1.82, 2.24) is 15.3 Å². The zero-order chi connectivity index (χ0) is 19.9. The van der Waals surface area contributed by atoms with Crippen molar-refractivity contribution in [2.45, 2.75) is 33.2 Å². The molecule has 0 saturated carbocycles. The first-order chi connectivity index (χ1) is 12.6. The van der Waals surface area contributed by atoms with E-state index < -0.39 is 23.6 Å². The molecular weight excluding hydrogens is 355 g/mol. The topological polar surface area (TPSA) is 93.7 Å². The van der Waals surface area contributed by atoms with Crippen molar-refractivity contribution in [2.75, 3.05) is 12.0 Å². The molecule has 1 aliphatic heterocycles. The number of imide groups is 1. The number of nitrogens with zero attached hydrogens (tertiary/aromatic N) is 3. The maximum Gasteiger partial charge on any atom is 0.330 e. The van der Waals surface area contributed by atoms with Crippen molar-refractivity contribution >= 4 is 17.8 Å². The third kappa shape index (κ3) is 3.40. The van der Waals surface area contributed by atoms with E-state index in [1.807, 2.05) is 13.8 Å². The molecule has 1 N–H and O–H groups in total. The highest BCUT2D eigenvalue weighted by Crippen LogP contribution is 2.32. The van der Waals surface area contributed by atoms with Crippen LogP contribution in [-0.2, 0) is 4.79 Å². The number of ether oxygens (including phenoxy) is 2. The Labute approximate surface area is 155 Å². The standard InChI is InChI=1S/C18H19FN4O4/c1-9-6-11(7-10(2)14(9)26-5)27-13-8-12(20-16(19)21-13)23-15(24)18(3,4)22-17(23)25/h6-8H,1-5H3,(H,22,25). The van der Waals surface area contributed by atoms with Crippen molar-refractivity contribution in [3.63, 3.8) is 0 Å². The monoisotopic (exact) mass is 374 g/mol. The Kier molecular flexibility index (Phi) is 4.46. The van der Waals surface area contributed by atoms with E-state index in [2.05, 4.69) is 15.3 Å². The van der Waals surface area contributed by atoms with Crippen molar-refractivity contribution < 1.29 is 23.5 Å². The van der Waals surface area contributed by atoms with Crippen molar-refractivity contribution in [3.05, 3.63) is 35.4 Å². The molecule has 1 fully saturated rings. The van der Waals surface area contributed by atoms with Crippen LogP contribution in [0, 0.1) is 19.9 Å². The second-order valence-electron chi connectivity index (χ2n) is 6.72. The Morgan fingerprint density at radius 2 is 1.74 bits per heavy atom. The third-order valence-corrected chi connectivity index (χ3v) is 4.11. The summed E-state index contributed by atoms with van der Waals surface area (Å²) in [6.45, 7) is 6.79. The lowest BCUT2D eigenvalue weighted by Crippen LogP contribution is -2.40. The van der Waals surface area contributed by atoms with E-state index in [0.717, 1.165) is 21.8 Å². The fourth-order valence-corrected chi connectivity index (χ4v) is 2.92. The number of amides is 3. The van der Waals surface area contributed by atoms with Crippen LogP contribution in [0.4, 0.5) is 15.0 Å². The summed E-state index contributed by atoms with van der Waals surface area (Å²) < 4.78 is 24.8. The van der Waals surface area contributed by atoms with Gasteiger partial charge in [-0.2, -0.15) is 14.4 Å². The Bertz CT molecular complexity index is 922. The molecule has 3 amide bonds. The molecule has 8 nitrogen and oxygen atoms in total. The number of methoxy groups -OCH3 is 1. The molecule has 1 saturated heterocycles. The molecule has 0 atom stereocenters. The van der Waals surface area contributed by atoms with Crippen molar-refractivity contribution in [1.29, 1.82) is 0 Å². The molecule has 27 heavy (non-hydrogen) atoms. The maximum absolute atomic E-state index is 13.9. The minimum absolute atomic E-state index is 0.133. The van der Waals surface area contributed by atoms with Crippen LogP contribution < -0.4 is 19.7 Å². The van der Waals surface area contributed by atoms with E-state index in [0.29, 0.717) is 5.75 Å². The van der Waals surface area contributed by atoms with Gasteiger partial charge in [-0.05, 0) is 51.0 Å². The Morgan fingerprint density at radius 3 is 2.26 bits per heavy atom. The molecule has 1 aromatic heterocycles. The number of hydrogen-bond acceptors (Lipinski definition) is 6. The Morgan fingerprint density at radius 1 is 1.11 bits per heavy atom. The van der Waals surface area contributed by atoms with Crippen LogP contribution in [0.15, 0.2) is 18.2 Å². The van der Waals surface area contributed by atoms with Gasteiger partial charge in [-0.3, -0.25) is 4.79 Å². The molecule has 3 rings (SSSR count). The van der Waals surface area contributed by atoms with Crippen molar-refractivity contribution in [3.8, 4) is 17.4 Å². The lowest BCUT2D eigenvalue weighted by Gasteiger charge is -2.16. The Hall–Kier alpha value is -3.23. The third-order valence-electron chi connectivity index (χ3n) is 4.11. The lowest BCUT2D eigenvalue weighted by molar-refractivity contribution is -0.121. The predicted molar refractivity (Wildman–Crippen MR) is 94.6 cm³/mol. The van der Waals surface area contributed by atoms with Gasteiger partial charge in [-0.25, -0.2) is 9.69 Å². The minimum Gasteiger partial charge on any atom is -0.496 e. The van der Waals surface area contributed by atoms with E-state index in [-0.39, 0.29) is 11.7 Å². The number of carbonyl (C=O) groups is 2. The van der Waals surface area contributed by atoms with E-state index in [9.17, 15) is 14.0 Å². The highest BCUT2D eigenvalue weighted by atomic mass is 19.1. The van der Waals surface area contributed by atoms with Crippen LogP contribution in [-0.4, -0.2) is 34.6 Å². The molecule has 2 heterocycles. The smallest absolute Gasteiger partial charge is 0.330 e. The van der Waals surface area contributed by atoms with Gasteiger partial charge in [0.2, 0.25) is 5.88 Å². The molecule has 0 aliphatic carbocycles. The molecule has 0 unspecified atom stereocenters. The summed E-state index contributed by atoms with van der Waals surface area (Å²) in [6.07, 6.45) is -1.12. The number of anilines is 1. The number of halogens is 1. The average Bonchev–Trinajstić information content (AvgIpc) is 2.74. The molecule has 2 aromatic rings. The summed E-state index contributed by atoms with van der Waals surface area (Å²) in [5.41, 5.74) is 0.556.